The quantitative estimate of drug-likeness (QED) is 0.455. The Morgan fingerprint density at radius 1 is 1.13 bits per heavy atom. The molecule has 0 saturated heterocycles. The van der Waals surface area contributed by atoms with Crippen LogP contribution in [0.3, 0.4) is 0 Å². The second kappa shape index (κ2) is 7.82. The van der Waals surface area contributed by atoms with Crippen molar-refractivity contribution >= 4 is 34.3 Å². The number of rotatable bonds is 4. The van der Waals surface area contributed by atoms with Crippen LogP contribution in [0.15, 0.2) is 65.4 Å². The van der Waals surface area contributed by atoms with Crippen LogP contribution in [0, 0.1) is 11.3 Å². The van der Waals surface area contributed by atoms with Gasteiger partial charge in [0.15, 0.2) is 5.60 Å². The van der Waals surface area contributed by atoms with E-state index in [4.69, 9.17) is 4.74 Å². The summed E-state index contributed by atoms with van der Waals surface area (Å²) in [5, 5.41) is 16.5. The van der Waals surface area contributed by atoms with Gasteiger partial charge in [0.2, 0.25) is 5.91 Å². The number of nitriles is 1. The Labute approximate surface area is 188 Å². The van der Waals surface area contributed by atoms with E-state index in [0.29, 0.717) is 12.2 Å². The molecule has 0 atom stereocenters. The molecule has 154 valence electrons. The van der Waals surface area contributed by atoms with Crippen molar-refractivity contribution in [2.24, 2.45) is 0 Å². The second-order valence-corrected chi connectivity index (χ2v) is 9.09. The molecule has 7 heteroatoms. The summed E-state index contributed by atoms with van der Waals surface area (Å²) in [4.78, 5) is 14.5. The van der Waals surface area contributed by atoms with E-state index in [1.165, 1.54) is 0 Å². The number of fused-ring (bicyclic) bond motifs is 1. The zero-order valence-electron chi connectivity index (χ0n) is 16.8. The van der Waals surface area contributed by atoms with Crippen LogP contribution in [-0.4, -0.2) is 17.1 Å². The molecule has 5 nitrogen and oxygen atoms in total. The third kappa shape index (κ3) is 3.12. The van der Waals surface area contributed by atoms with E-state index in [9.17, 15) is 10.1 Å². The number of ether oxygens (including phenoxy) is 1. The van der Waals surface area contributed by atoms with Gasteiger partial charge in [0.1, 0.15) is 18.4 Å². The van der Waals surface area contributed by atoms with Gasteiger partial charge in [-0.1, -0.05) is 18.2 Å². The minimum Gasteiger partial charge on any atom is -0.349 e. The molecule has 1 N–H and O–H groups in total. The fourth-order valence-corrected chi connectivity index (χ4v) is 6.06. The lowest BCUT2D eigenvalue weighted by Gasteiger charge is -2.32. The molecule has 0 fully saturated rings. The lowest BCUT2D eigenvalue weighted by Crippen LogP contribution is -2.31. The molecule has 1 aliphatic rings. The predicted molar refractivity (Wildman–Crippen MR) is 123 cm³/mol. The van der Waals surface area contributed by atoms with Crippen LogP contribution in [0.4, 0.5) is 5.69 Å². The number of nitrogens with zero attached hydrogens (tertiary/aromatic N) is 2. The topological polar surface area (TPSA) is 67.0 Å². The molecule has 0 spiro atoms. The van der Waals surface area contributed by atoms with Gasteiger partial charge in [-0.2, -0.15) is 5.26 Å². The highest BCUT2D eigenvalue weighted by molar-refractivity contribution is 7.11. The van der Waals surface area contributed by atoms with Crippen LogP contribution >= 0.6 is 22.7 Å². The number of hydrogen-bond donors (Lipinski definition) is 1. The first-order chi connectivity index (χ1) is 15.2. The van der Waals surface area contributed by atoms with Crippen LogP contribution in [0.2, 0.25) is 0 Å². The van der Waals surface area contributed by atoms with Crippen molar-refractivity contribution in [2.75, 3.05) is 11.9 Å². The number of thiophene rings is 2. The molecule has 0 saturated carbocycles. The minimum atomic E-state index is -0.880. The maximum atomic E-state index is 12.5. The molecule has 1 amide bonds. The first-order valence-electron chi connectivity index (χ1n) is 9.93. The maximum absolute atomic E-state index is 12.5. The molecule has 0 radical (unpaired) electrons. The highest BCUT2D eigenvalue weighted by atomic mass is 32.1. The molecule has 0 aliphatic carbocycles. The molecule has 5 rings (SSSR count). The fourth-order valence-electron chi connectivity index (χ4n) is 4.19. The molecular weight excluding hydrogens is 426 g/mol. The Bertz CT molecular complexity index is 1250. The number of benzene rings is 1. The summed E-state index contributed by atoms with van der Waals surface area (Å²) < 4.78 is 8.44. The molecule has 1 aliphatic heterocycles. The summed E-state index contributed by atoms with van der Waals surface area (Å²) in [6.45, 7) is 2.68. The zero-order valence-corrected chi connectivity index (χ0v) is 18.4. The van der Waals surface area contributed by atoms with Gasteiger partial charge in [-0.3, -0.25) is 4.79 Å². The summed E-state index contributed by atoms with van der Waals surface area (Å²) in [7, 11) is 0. The standard InChI is InChI=1S/C24H19N3O2S2/c1-2-27-17(14-25)8-10-20(27)16-7-9-19-18(13-16)24(21-5-3-11-30-21,22-6-4-12-31-22)29-15-23(28)26-19/h3-13H,2,15H2,1H3,(H,26,28). The largest absolute Gasteiger partial charge is 0.349 e. The maximum Gasteiger partial charge on any atom is 0.250 e. The van der Waals surface area contributed by atoms with Crippen molar-refractivity contribution in [1.29, 1.82) is 5.26 Å². The first-order valence-corrected chi connectivity index (χ1v) is 11.7. The molecule has 4 heterocycles. The average Bonchev–Trinajstić information content (AvgIpc) is 3.55. The molecule has 1 aromatic carbocycles. The number of aromatic nitrogens is 1. The molecular formula is C24H19N3O2S2. The van der Waals surface area contributed by atoms with E-state index in [1.807, 2.05) is 58.6 Å². The van der Waals surface area contributed by atoms with Crippen molar-refractivity contribution in [3.8, 4) is 17.3 Å². The van der Waals surface area contributed by atoms with Crippen molar-refractivity contribution in [1.82, 2.24) is 4.57 Å². The van der Waals surface area contributed by atoms with E-state index in [2.05, 4.69) is 29.6 Å². The van der Waals surface area contributed by atoms with Crippen LogP contribution in [0.5, 0.6) is 0 Å². The molecule has 4 aromatic rings. The van der Waals surface area contributed by atoms with Crippen molar-refractivity contribution < 1.29 is 9.53 Å². The summed E-state index contributed by atoms with van der Waals surface area (Å²) in [5.74, 6) is -0.173. The average molecular weight is 446 g/mol. The number of nitrogens with one attached hydrogen (secondary N) is 1. The monoisotopic (exact) mass is 445 g/mol. The summed E-state index contributed by atoms with van der Waals surface area (Å²) in [6.07, 6.45) is 0. The van der Waals surface area contributed by atoms with Gasteiger partial charge in [0, 0.05) is 33.2 Å². The van der Waals surface area contributed by atoms with Crippen molar-refractivity contribution in [2.45, 2.75) is 19.1 Å². The van der Waals surface area contributed by atoms with E-state index in [0.717, 1.165) is 32.3 Å². The lowest BCUT2D eigenvalue weighted by molar-refractivity contribution is -0.123. The predicted octanol–water partition coefficient (Wildman–Crippen LogP) is 5.43. The number of carbonyl (C=O) groups is 1. The Hall–Kier alpha value is -3.18. The lowest BCUT2D eigenvalue weighted by atomic mass is 9.87. The van der Waals surface area contributed by atoms with Crippen LogP contribution in [-0.2, 0) is 21.7 Å². The third-order valence-corrected chi connectivity index (χ3v) is 7.48. The Morgan fingerprint density at radius 2 is 1.87 bits per heavy atom. The number of amides is 1. The minimum absolute atomic E-state index is 0.0380. The van der Waals surface area contributed by atoms with Crippen molar-refractivity contribution in [3.63, 3.8) is 0 Å². The Balaban J connectivity index is 1.80. The number of anilines is 1. The molecule has 0 unspecified atom stereocenters. The Morgan fingerprint density at radius 3 is 2.48 bits per heavy atom. The van der Waals surface area contributed by atoms with Gasteiger partial charge in [-0.15, -0.1) is 22.7 Å². The van der Waals surface area contributed by atoms with Gasteiger partial charge < -0.3 is 14.6 Å². The van der Waals surface area contributed by atoms with Gasteiger partial charge in [-0.05, 0) is 59.6 Å². The summed E-state index contributed by atoms with van der Waals surface area (Å²) in [6, 6.07) is 20.2. The van der Waals surface area contributed by atoms with Crippen LogP contribution in [0.25, 0.3) is 11.3 Å². The smallest absolute Gasteiger partial charge is 0.250 e. The van der Waals surface area contributed by atoms with E-state index < -0.39 is 5.60 Å². The number of hydrogen-bond acceptors (Lipinski definition) is 5. The number of carbonyl (C=O) groups excluding carboxylic acids is 1. The molecule has 31 heavy (non-hydrogen) atoms. The van der Waals surface area contributed by atoms with E-state index in [1.54, 1.807) is 22.7 Å². The molecule has 0 bridgehead atoms. The van der Waals surface area contributed by atoms with Gasteiger partial charge in [0.25, 0.3) is 0 Å². The highest BCUT2D eigenvalue weighted by Gasteiger charge is 2.44. The van der Waals surface area contributed by atoms with Gasteiger partial charge >= 0.3 is 0 Å². The van der Waals surface area contributed by atoms with Gasteiger partial charge in [0.05, 0.1) is 0 Å². The highest BCUT2D eigenvalue weighted by Crippen LogP contribution is 2.49. The first kappa shape index (κ1) is 19.8. The van der Waals surface area contributed by atoms with E-state index >= 15 is 0 Å². The van der Waals surface area contributed by atoms with Crippen LogP contribution in [0.1, 0.15) is 27.9 Å². The SMILES string of the molecule is CCn1c(C#N)ccc1-c1ccc2c(c1)C(c1cccs1)(c1cccs1)OCC(=O)N2. The van der Waals surface area contributed by atoms with Crippen molar-refractivity contribution in [3.05, 3.63) is 86.4 Å². The van der Waals surface area contributed by atoms with Gasteiger partial charge in [-0.25, -0.2) is 0 Å². The van der Waals surface area contributed by atoms with E-state index in [-0.39, 0.29) is 12.5 Å². The Kier molecular flexibility index (Phi) is 4.98. The zero-order chi connectivity index (χ0) is 21.4. The van der Waals surface area contributed by atoms with Crippen LogP contribution < -0.4 is 5.32 Å². The summed E-state index contributed by atoms with van der Waals surface area (Å²) >= 11 is 3.22. The second-order valence-electron chi connectivity index (χ2n) is 7.19. The summed E-state index contributed by atoms with van der Waals surface area (Å²) in [5.41, 5.74) is 3.31. The normalized spacial score (nSPS) is 15.0. The fraction of sp³-hybridized carbons (Fsp3) is 0.167. The third-order valence-electron chi connectivity index (χ3n) is 5.54. The molecule has 3 aromatic heterocycles.